The first-order chi connectivity index (χ1) is 12.9. The Morgan fingerprint density at radius 2 is 2.00 bits per heavy atom. The zero-order chi connectivity index (χ0) is 19.0. The molecule has 0 aliphatic carbocycles. The molecule has 0 saturated carbocycles. The topological polar surface area (TPSA) is 55.7 Å². The largest absolute Gasteiger partial charge is 0.361 e. The fourth-order valence-electron chi connectivity index (χ4n) is 3.16. The third kappa shape index (κ3) is 3.85. The number of benzene rings is 1. The Kier molecular flexibility index (Phi) is 4.92. The van der Waals surface area contributed by atoms with Crippen LogP contribution in [0.1, 0.15) is 0 Å². The van der Waals surface area contributed by atoms with Gasteiger partial charge in [0, 0.05) is 53.4 Å². The first-order valence-corrected chi connectivity index (χ1v) is 13.6. The third-order valence-corrected chi connectivity index (χ3v) is 6.88. The van der Waals surface area contributed by atoms with E-state index >= 15 is 0 Å². The average Bonchev–Trinajstić information content (AvgIpc) is 3.21. The molecule has 0 atom stereocenters. The van der Waals surface area contributed by atoms with Gasteiger partial charge in [0.25, 0.3) is 0 Å². The summed E-state index contributed by atoms with van der Waals surface area (Å²) in [5, 5.41) is 2.19. The average molecular weight is 443 g/mol. The van der Waals surface area contributed by atoms with Crippen LogP contribution in [0.3, 0.4) is 0 Å². The number of ether oxygens (including phenoxy) is 1. The summed E-state index contributed by atoms with van der Waals surface area (Å²) in [4.78, 5) is 12.4. The van der Waals surface area contributed by atoms with Gasteiger partial charge in [-0.1, -0.05) is 41.6 Å². The molecule has 0 aliphatic rings. The maximum atomic E-state index is 5.90. The van der Waals surface area contributed by atoms with Crippen molar-refractivity contribution in [1.82, 2.24) is 19.5 Å². The predicted octanol–water partition coefficient (Wildman–Crippen LogP) is 5.65. The van der Waals surface area contributed by atoms with E-state index in [1.807, 2.05) is 12.4 Å². The van der Waals surface area contributed by atoms with Gasteiger partial charge in [0.15, 0.2) is 0 Å². The Bertz CT molecular complexity index is 1100. The molecule has 7 heteroatoms. The van der Waals surface area contributed by atoms with E-state index in [1.165, 1.54) is 0 Å². The van der Waals surface area contributed by atoms with Crippen LogP contribution in [-0.2, 0) is 11.5 Å². The Morgan fingerprint density at radius 3 is 2.81 bits per heavy atom. The second-order valence-corrected chi connectivity index (χ2v) is 14.5. The summed E-state index contributed by atoms with van der Waals surface area (Å²) < 4.78 is 9.01. The number of aromatic nitrogens is 4. The summed E-state index contributed by atoms with van der Waals surface area (Å²) in [6.07, 6.45) is 5.68. The molecule has 0 aliphatic heterocycles. The van der Waals surface area contributed by atoms with Crippen molar-refractivity contribution in [3.63, 3.8) is 0 Å². The fourth-order valence-corrected chi connectivity index (χ4v) is 4.28. The van der Waals surface area contributed by atoms with E-state index in [-0.39, 0.29) is 0 Å². The number of nitrogens with zero attached hydrogens (tertiary/aromatic N) is 3. The molecule has 1 N–H and O–H groups in total. The minimum absolute atomic E-state index is 0.519. The number of hydrogen-bond acceptors (Lipinski definition) is 3. The van der Waals surface area contributed by atoms with Crippen LogP contribution in [0.5, 0.6) is 0 Å². The number of hydrogen-bond donors (Lipinski definition) is 1. The monoisotopic (exact) mass is 442 g/mol. The van der Waals surface area contributed by atoms with Crippen LogP contribution >= 0.6 is 15.9 Å². The van der Waals surface area contributed by atoms with Crippen molar-refractivity contribution < 1.29 is 4.74 Å². The Morgan fingerprint density at radius 1 is 1.15 bits per heavy atom. The van der Waals surface area contributed by atoms with Gasteiger partial charge in [-0.25, -0.2) is 9.97 Å². The molecule has 0 unspecified atom stereocenters. The van der Waals surface area contributed by atoms with Gasteiger partial charge in [-0.05, 0) is 24.2 Å². The molecule has 0 saturated heterocycles. The number of rotatable bonds is 6. The molecule has 140 valence electrons. The van der Waals surface area contributed by atoms with E-state index in [2.05, 4.69) is 79.4 Å². The predicted molar refractivity (Wildman–Crippen MR) is 117 cm³/mol. The molecule has 27 heavy (non-hydrogen) atoms. The van der Waals surface area contributed by atoms with Crippen molar-refractivity contribution in [2.75, 3.05) is 6.61 Å². The molecule has 3 aromatic heterocycles. The van der Waals surface area contributed by atoms with Crippen LogP contribution in [0.25, 0.3) is 33.2 Å². The SMILES string of the molecule is C[Si](C)(C)CCOCn1ccc2c(-c3c[nH]c4cc(Br)ccc34)ncnc21. The summed E-state index contributed by atoms with van der Waals surface area (Å²) in [7, 11) is -1.08. The molecule has 3 heterocycles. The highest BCUT2D eigenvalue weighted by Crippen LogP contribution is 2.33. The molecule has 0 amide bonds. The lowest BCUT2D eigenvalue weighted by Crippen LogP contribution is -2.22. The number of nitrogens with one attached hydrogen (secondary N) is 1. The molecule has 4 rings (SSSR count). The van der Waals surface area contributed by atoms with E-state index in [0.29, 0.717) is 6.73 Å². The summed E-state index contributed by atoms with van der Waals surface area (Å²) in [5.74, 6) is 0. The zero-order valence-corrected chi connectivity index (χ0v) is 18.4. The molecule has 5 nitrogen and oxygen atoms in total. The summed E-state index contributed by atoms with van der Waals surface area (Å²) in [6, 6.07) is 9.47. The minimum atomic E-state index is -1.08. The van der Waals surface area contributed by atoms with Crippen LogP contribution in [0.15, 0.2) is 47.5 Å². The van der Waals surface area contributed by atoms with Crippen LogP contribution in [-0.4, -0.2) is 34.2 Å². The maximum Gasteiger partial charge on any atom is 0.145 e. The van der Waals surface area contributed by atoms with Crippen LogP contribution in [0.4, 0.5) is 0 Å². The Hall–Kier alpha value is -1.96. The Balaban J connectivity index is 1.64. The molecule has 0 bridgehead atoms. The standard InChI is InChI=1S/C20H23BrN4OSi/c1-27(2,3)9-8-26-13-25-7-6-16-19(23-12-24-20(16)25)17-11-22-18-10-14(21)4-5-15(17)18/h4-7,10-12,22H,8-9,13H2,1-3H3. The Labute approximate surface area is 167 Å². The summed E-state index contributed by atoms with van der Waals surface area (Å²) in [5.41, 5.74) is 4.01. The molecular weight excluding hydrogens is 420 g/mol. The quantitative estimate of drug-likeness (QED) is 0.309. The van der Waals surface area contributed by atoms with E-state index in [0.717, 1.165) is 50.3 Å². The van der Waals surface area contributed by atoms with E-state index < -0.39 is 8.07 Å². The first-order valence-electron chi connectivity index (χ1n) is 9.07. The molecule has 0 spiro atoms. The van der Waals surface area contributed by atoms with Gasteiger partial charge >= 0.3 is 0 Å². The highest BCUT2D eigenvalue weighted by atomic mass is 79.9. The number of fused-ring (bicyclic) bond motifs is 2. The van der Waals surface area contributed by atoms with Crippen molar-refractivity contribution in [1.29, 1.82) is 0 Å². The van der Waals surface area contributed by atoms with Crippen LogP contribution in [0.2, 0.25) is 25.7 Å². The van der Waals surface area contributed by atoms with Gasteiger partial charge in [0.1, 0.15) is 18.7 Å². The van der Waals surface area contributed by atoms with Crippen molar-refractivity contribution in [3.05, 3.63) is 47.5 Å². The molecule has 4 aromatic rings. The van der Waals surface area contributed by atoms with Crippen molar-refractivity contribution in [2.45, 2.75) is 32.4 Å². The van der Waals surface area contributed by atoms with E-state index in [9.17, 15) is 0 Å². The smallest absolute Gasteiger partial charge is 0.145 e. The second-order valence-electron chi connectivity index (χ2n) is 7.99. The molecule has 1 aromatic carbocycles. The molecular formula is C20H23BrN4OSi. The summed E-state index contributed by atoms with van der Waals surface area (Å²) >= 11 is 3.52. The van der Waals surface area contributed by atoms with Gasteiger partial charge in [-0.2, -0.15) is 0 Å². The van der Waals surface area contributed by atoms with E-state index in [4.69, 9.17) is 4.74 Å². The van der Waals surface area contributed by atoms with Crippen LogP contribution in [0, 0.1) is 0 Å². The highest BCUT2D eigenvalue weighted by molar-refractivity contribution is 9.10. The lowest BCUT2D eigenvalue weighted by atomic mass is 10.1. The van der Waals surface area contributed by atoms with Gasteiger partial charge in [0.05, 0.1) is 5.69 Å². The summed E-state index contributed by atoms with van der Waals surface area (Å²) in [6.45, 7) is 8.40. The van der Waals surface area contributed by atoms with Gasteiger partial charge in [0.2, 0.25) is 0 Å². The number of aromatic amines is 1. The fraction of sp³-hybridized carbons (Fsp3) is 0.300. The van der Waals surface area contributed by atoms with Crippen molar-refractivity contribution in [3.8, 4) is 11.3 Å². The first kappa shape index (κ1) is 18.4. The highest BCUT2D eigenvalue weighted by Gasteiger charge is 2.15. The third-order valence-electron chi connectivity index (χ3n) is 4.68. The minimum Gasteiger partial charge on any atom is -0.361 e. The van der Waals surface area contributed by atoms with Gasteiger partial charge in [-0.15, -0.1) is 0 Å². The zero-order valence-electron chi connectivity index (χ0n) is 15.8. The second kappa shape index (κ2) is 7.22. The van der Waals surface area contributed by atoms with Crippen molar-refractivity contribution in [2.24, 2.45) is 0 Å². The van der Waals surface area contributed by atoms with Crippen LogP contribution < -0.4 is 0 Å². The lowest BCUT2D eigenvalue weighted by molar-refractivity contribution is 0.0899. The van der Waals surface area contributed by atoms with E-state index in [1.54, 1.807) is 6.33 Å². The molecule has 0 radical (unpaired) electrons. The normalized spacial score (nSPS) is 12.3. The lowest BCUT2D eigenvalue weighted by Gasteiger charge is -2.15. The van der Waals surface area contributed by atoms with Crippen molar-refractivity contribution >= 4 is 45.9 Å². The van der Waals surface area contributed by atoms with Gasteiger partial charge < -0.3 is 14.3 Å². The molecule has 0 fully saturated rings. The number of H-pyrrole nitrogens is 1. The maximum absolute atomic E-state index is 5.90. The number of halogens is 1. The van der Waals surface area contributed by atoms with Gasteiger partial charge in [-0.3, -0.25) is 0 Å².